The molecule has 1 saturated heterocycles. The minimum Gasteiger partial charge on any atom is -0.503 e. The van der Waals surface area contributed by atoms with Crippen LogP contribution in [0.1, 0.15) is 149 Å². The third-order valence-corrected chi connectivity index (χ3v) is 12.3. The zero-order chi connectivity index (χ0) is 64.4. The van der Waals surface area contributed by atoms with Crippen molar-refractivity contribution in [2.75, 3.05) is 13.1 Å². The summed E-state index contributed by atoms with van der Waals surface area (Å²) >= 11 is 0. The third kappa shape index (κ3) is 18.0. The Hall–Kier alpha value is -9.95. The first-order valence-electron chi connectivity index (χ1n) is 28.5. The minimum absolute atomic E-state index is 0.0400. The van der Waals surface area contributed by atoms with Crippen LogP contribution >= 0.6 is 0 Å². The van der Waals surface area contributed by atoms with Gasteiger partial charge in [0.15, 0.2) is 17.2 Å². The Labute approximate surface area is 500 Å². The topological polar surface area (TPSA) is 299 Å². The van der Waals surface area contributed by atoms with Gasteiger partial charge in [0, 0.05) is 16.7 Å². The first kappa shape index (κ1) is 70.3. The molecule has 5 aromatic carbocycles. The van der Waals surface area contributed by atoms with Crippen LogP contribution in [0.3, 0.4) is 0 Å². The van der Waals surface area contributed by atoms with Gasteiger partial charge in [-0.2, -0.15) is 15.3 Å². The van der Waals surface area contributed by atoms with Crippen LogP contribution in [0.2, 0.25) is 0 Å². The first-order valence-corrected chi connectivity index (χ1v) is 28.5. The predicted molar refractivity (Wildman–Crippen MR) is 336 cm³/mol. The maximum atomic E-state index is 11.8. The monoisotopic (exact) mass is 1180 g/mol. The van der Waals surface area contributed by atoms with Gasteiger partial charge >= 0.3 is 17.9 Å². The lowest BCUT2D eigenvalue weighted by atomic mass is 9.89. The summed E-state index contributed by atoms with van der Waals surface area (Å²) in [5.41, 5.74) is 3.98. The average Bonchev–Trinajstić information content (AvgIpc) is 1.55. The van der Waals surface area contributed by atoms with E-state index in [0.717, 1.165) is 83.5 Å². The molecule has 9 rings (SSSR count). The molecule has 456 valence electrons. The van der Waals surface area contributed by atoms with E-state index in [0.29, 0.717) is 34.3 Å². The Morgan fingerprint density at radius 2 is 0.977 bits per heavy atom. The normalized spacial score (nSPS) is 11.4. The van der Waals surface area contributed by atoms with Crippen molar-refractivity contribution in [2.45, 2.75) is 115 Å². The number of nitrogens with zero attached hydrogens (tertiary/aromatic N) is 6. The van der Waals surface area contributed by atoms with E-state index < -0.39 is 68.5 Å². The van der Waals surface area contributed by atoms with Gasteiger partial charge in [0.25, 0.3) is 16.3 Å². The number of aryl methyl sites for hydroxylation is 2. The molecule has 3 aromatic heterocycles. The van der Waals surface area contributed by atoms with Gasteiger partial charge < -0.3 is 40.7 Å². The maximum Gasteiger partial charge on any atom is 0.360 e. The maximum absolute atomic E-state index is 11.8. The second-order valence-electron chi connectivity index (χ2n) is 18.2. The minimum atomic E-state index is -1.51. The molecule has 7 N–H and O–H groups in total. The highest BCUT2D eigenvalue weighted by molar-refractivity contribution is 5.87. The van der Waals surface area contributed by atoms with Gasteiger partial charge in [0.05, 0.1) is 41.8 Å². The lowest BCUT2D eigenvalue weighted by Crippen LogP contribution is -2.27. The number of hydrogen-bond donors (Lipinski definition) is 7. The molecule has 0 saturated carbocycles. The highest BCUT2D eigenvalue weighted by Gasteiger charge is 2.23. The second kappa shape index (κ2) is 34.6. The number of piperidine rings is 1. The quantitative estimate of drug-likeness (QED) is 0.0598. The molecule has 20 nitrogen and oxygen atoms in total. The number of carboxylic acids is 3. The number of aromatic carboxylic acids is 3. The molecule has 4 heterocycles. The first-order chi connectivity index (χ1) is 41.3. The summed E-state index contributed by atoms with van der Waals surface area (Å²) in [5, 5.41) is 72.0. The number of benzene rings is 5. The van der Waals surface area contributed by atoms with E-state index in [2.05, 4.69) is 20.6 Å². The van der Waals surface area contributed by atoms with Crippen LogP contribution < -0.4 is 26.3 Å². The predicted octanol–water partition coefficient (Wildman–Crippen LogP) is 12.3. The van der Waals surface area contributed by atoms with Gasteiger partial charge in [-0.3, -0.25) is 14.4 Å². The summed E-state index contributed by atoms with van der Waals surface area (Å²) in [6.07, 6.45) is 9.27. The summed E-state index contributed by atoms with van der Waals surface area (Å²) in [6, 6.07) is 33.7. The molecule has 0 amide bonds. The molecule has 0 aliphatic carbocycles. The summed E-state index contributed by atoms with van der Waals surface area (Å²) in [4.78, 5) is 69.0. The average molecular weight is 1180 g/mol. The van der Waals surface area contributed by atoms with Crippen molar-refractivity contribution < 1.29 is 49.8 Å². The summed E-state index contributed by atoms with van der Waals surface area (Å²) in [5.74, 6) is -5.46. The van der Waals surface area contributed by atoms with Crippen LogP contribution in [0, 0.1) is 13.8 Å². The van der Waals surface area contributed by atoms with Crippen molar-refractivity contribution in [3.8, 4) is 62.3 Å². The van der Waals surface area contributed by atoms with Crippen LogP contribution in [0.25, 0.3) is 45.4 Å². The SMILES string of the molecule is C/C=C\c1ccc(-c2ccccc2-n2cc(O)c(=O)c(C(=O)O)n2)cc1C.CC.CC.CC.CC.Cc1ccc(OC(C)C)c(-c2ccccc2-n2cc(O)c(=O)c(C(=O)O)n2)c1.O=C(O)c1nn(-c2ccccc2C2CCNCC2)cc(O)c1=O. The number of carboxylic acid groups (broad SMARTS) is 3. The molecule has 1 fully saturated rings. The molecule has 20 heteroatoms. The Morgan fingerprint density at radius 3 is 1.42 bits per heavy atom. The summed E-state index contributed by atoms with van der Waals surface area (Å²) in [6.45, 7) is 27.6. The smallest absolute Gasteiger partial charge is 0.360 e. The third-order valence-electron chi connectivity index (χ3n) is 12.3. The summed E-state index contributed by atoms with van der Waals surface area (Å²) < 4.78 is 9.61. The van der Waals surface area contributed by atoms with Crippen LogP contribution in [-0.2, 0) is 0 Å². The fraction of sp³-hybridized carbons (Fsp3) is 0.288. The van der Waals surface area contributed by atoms with E-state index in [-0.39, 0.29) is 6.10 Å². The van der Waals surface area contributed by atoms with E-state index in [1.54, 1.807) is 30.3 Å². The standard InChI is InChI=1S/C21H20N2O5.C21H18N2O4.C16H17N3O4.4C2H6/c1-12(2)28-18-9-8-13(3)10-15(18)14-6-4-5-7-16(14)23-11-17(24)20(25)19(22-23)21(26)27;1-3-6-14-9-10-15(11-13(14)2)16-7-4-5-8-17(16)23-12-18(24)20(25)19(22-23)21(26)27;20-13-9-19(18-14(15(13)21)16(22)23)12-4-2-1-3-11(12)10-5-7-17-8-6-10;4*1-2/h4-12,24H,1-3H3,(H,26,27);3-12,24H,1-2H3,(H,26,27);1-4,9-10,17,20H,5-8H2,(H,22,23);4*1-2H3/b;6-3-;;;;;. The highest BCUT2D eigenvalue weighted by Crippen LogP contribution is 2.36. The number of rotatable bonds is 12. The summed E-state index contributed by atoms with van der Waals surface area (Å²) in [7, 11) is 0. The molecule has 0 bridgehead atoms. The zero-order valence-corrected chi connectivity index (χ0v) is 51.0. The van der Waals surface area contributed by atoms with E-state index >= 15 is 0 Å². The number of ether oxygens (including phenoxy) is 1. The van der Waals surface area contributed by atoms with Gasteiger partial charge in [0.1, 0.15) is 5.75 Å². The Bertz CT molecular complexity index is 3780. The van der Waals surface area contributed by atoms with Gasteiger partial charge in [0.2, 0.25) is 17.1 Å². The molecule has 0 atom stereocenters. The largest absolute Gasteiger partial charge is 0.503 e. The Kier molecular flexibility index (Phi) is 28.3. The number of hydrogen-bond acceptors (Lipinski definition) is 14. The molecule has 1 aliphatic rings. The van der Waals surface area contributed by atoms with E-state index in [1.807, 2.05) is 181 Å². The van der Waals surface area contributed by atoms with Crippen LogP contribution in [0.15, 0.2) is 148 Å². The molecule has 8 aromatic rings. The molecule has 0 spiro atoms. The molecular weight excluding hydrogens is 1100 g/mol. The number of allylic oxidation sites excluding steroid dienone is 1. The number of para-hydroxylation sites is 3. The number of nitrogens with one attached hydrogen (secondary N) is 1. The zero-order valence-electron chi connectivity index (χ0n) is 51.0. The van der Waals surface area contributed by atoms with E-state index in [1.165, 1.54) is 14.0 Å². The van der Waals surface area contributed by atoms with Crippen LogP contribution in [0.5, 0.6) is 23.0 Å². The number of carbonyl (C=O) groups is 3. The van der Waals surface area contributed by atoms with Crippen molar-refractivity contribution >= 4 is 24.0 Å². The van der Waals surface area contributed by atoms with Gasteiger partial charge in [-0.05, 0) is 119 Å². The Balaban J connectivity index is 0.000000320. The van der Waals surface area contributed by atoms with Gasteiger partial charge in [-0.25, -0.2) is 28.4 Å². The lowest BCUT2D eigenvalue weighted by molar-refractivity contribution is 0.0675. The fourth-order valence-corrected chi connectivity index (χ4v) is 8.64. The molecule has 0 unspecified atom stereocenters. The number of aromatic hydroxyl groups is 3. The molecule has 0 radical (unpaired) electrons. The van der Waals surface area contributed by atoms with Crippen LogP contribution in [-0.4, -0.2) is 97.1 Å². The van der Waals surface area contributed by atoms with Crippen molar-refractivity contribution in [3.63, 3.8) is 0 Å². The van der Waals surface area contributed by atoms with Crippen LogP contribution in [0.4, 0.5) is 0 Å². The van der Waals surface area contributed by atoms with E-state index in [4.69, 9.17) is 9.84 Å². The van der Waals surface area contributed by atoms with Gasteiger partial charge in [-0.1, -0.05) is 152 Å². The molecule has 1 aliphatic heterocycles. The highest BCUT2D eigenvalue weighted by atomic mass is 16.5. The molecule has 86 heavy (non-hydrogen) atoms. The fourth-order valence-electron chi connectivity index (χ4n) is 8.64. The number of aromatic nitrogens is 6. The van der Waals surface area contributed by atoms with Crippen molar-refractivity contribution in [1.82, 2.24) is 34.7 Å². The van der Waals surface area contributed by atoms with Crippen molar-refractivity contribution in [3.05, 3.63) is 204 Å². The lowest BCUT2D eigenvalue weighted by Gasteiger charge is -2.25. The Morgan fingerprint density at radius 1 is 0.558 bits per heavy atom. The van der Waals surface area contributed by atoms with Crippen molar-refractivity contribution in [1.29, 1.82) is 0 Å². The second-order valence-corrected chi connectivity index (χ2v) is 18.2. The van der Waals surface area contributed by atoms with Crippen molar-refractivity contribution in [2.24, 2.45) is 0 Å². The van der Waals surface area contributed by atoms with E-state index in [9.17, 15) is 54.3 Å². The van der Waals surface area contributed by atoms with Gasteiger partial charge in [-0.15, -0.1) is 0 Å². The molecular formula is C66H79N7O13.